The predicted octanol–water partition coefficient (Wildman–Crippen LogP) is 1.47. The molecule has 3 aromatic rings. The summed E-state index contributed by atoms with van der Waals surface area (Å²) in [6.07, 6.45) is 4.86. The molecule has 3 rings (SSSR count). The van der Waals surface area contributed by atoms with E-state index in [1.165, 1.54) is 15.3 Å². The van der Waals surface area contributed by atoms with Gasteiger partial charge in [-0.15, -0.1) is 5.10 Å². The van der Waals surface area contributed by atoms with Crippen molar-refractivity contribution < 1.29 is 4.79 Å². The van der Waals surface area contributed by atoms with Gasteiger partial charge in [0.15, 0.2) is 5.82 Å². The van der Waals surface area contributed by atoms with E-state index < -0.39 is 0 Å². The summed E-state index contributed by atoms with van der Waals surface area (Å²) in [5.74, 6) is 0.272. The molecule has 26 heavy (non-hydrogen) atoms. The van der Waals surface area contributed by atoms with Gasteiger partial charge < -0.3 is 5.32 Å². The summed E-state index contributed by atoms with van der Waals surface area (Å²) in [5, 5.41) is 7.05. The van der Waals surface area contributed by atoms with Crippen molar-refractivity contribution in [2.24, 2.45) is 7.05 Å². The topological polar surface area (TPSA) is 81.8 Å². The van der Waals surface area contributed by atoms with Crippen molar-refractivity contribution >= 4 is 12.0 Å². The number of hydrogen-bond acceptors (Lipinski definition) is 4. The lowest BCUT2D eigenvalue weighted by Gasteiger charge is -2.01. The minimum absolute atomic E-state index is 0.220. The molecule has 0 fully saturated rings. The predicted molar refractivity (Wildman–Crippen MR) is 99.2 cm³/mol. The van der Waals surface area contributed by atoms with E-state index >= 15 is 0 Å². The molecule has 2 heterocycles. The van der Waals surface area contributed by atoms with Crippen molar-refractivity contribution in [3.63, 3.8) is 0 Å². The van der Waals surface area contributed by atoms with Crippen molar-refractivity contribution in [2.45, 2.75) is 6.54 Å². The first-order chi connectivity index (χ1) is 12.6. The average molecular weight is 349 g/mol. The minimum atomic E-state index is -0.250. The molecule has 0 atom stereocenters. The zero-order valence-electron chi connectivity index (χ0n) is 14.4. The second kappa shape index (κ2) is 8.06. The maximum atomic E-state index is 12.3. The molecule has 2 aromatic heterocycles. The number of aromatic nitrogens is 4. The van der Waals surface area contributed by atoms with Crippen LogP contribution in [-0.2, 0) is 18.4 Å². The quantitative estimate of drug-likeness (QED) is 0.683. The van der Waals surface area contributed by atoms with Crippen LogP contribution in [0.2, 0.25) is 0 Å². The van der Waals surface area contributed by atoms with Gasteiger partial charge in [0.25, 0.3) is 0 Å². The monoisotopic (exact) mass is 349 g/mol. The van der Waals surface area contributed by atoms with Crippen molar-refractivity contribution in [3.05, 3.63) is 76.9 Å². The van der Waals surface area contributed by atoms with Gasteiger partial charge in [-0.1, -0.05) is 36.4 Å². The number of pyridine rings is 1. The van der Waals surface area contributed by atoms with Crippen LogP contribution < -0.4 is 11.0 Å². The van der Waals surface area contributed by atoms with Crippen LogP contribution >= 0.6 is 0 Å². The standard InChI is InChI=1S/C19H19N5O2/c1-23-18(16-9-5-6-12-20-16)22-24(19(23)26)14-13-21-17(25)11-10-15-7-3-2-4-8-15/h2-12H,13-14H2,1H3,(H,21,25). The lowest BCUT2D eigenvalue weighted by molar-refractivity contribution is -0.116. The van der Waals surface area contributed by atoms with Crippen LogP contribution in [0.1, 0.15) is 5.56 Å². The minimum Gasteiger partial charge on any atom is -0.351 e. The number of nitrogens with one attached hydrogen (secondary N) is 1. The lowest BCUT2D eigenvalue weighted by atomic mass is 10.2. The van der Waals surface area contributed by atoms with Gasteiger partial charge in [0.05, 0.1) is 6.54 Å². The van der Waals surface area contributed by atoms with Crippen LogP contribution in [-0.4, -0.2) is 31.8 Å². The molecule has 0 spiro atoms. The zero-order chi connectivity index (χ0) is 18.4. The largest absolute Gasteiger partial charge is 0.351 e. The number of carbonyl (C=O) groups is 1. The Kier molecular flexibility index (Phi) is 5.38. The third-order valence-corrected chi connectivity index (χ3v) is 3.78. The molecule has 0 aliphatic carbocycles. The zero-order valence-corrected chi connectivity index (χ0v) is 14.4. The van der Waals surface area contributed by atoms with E-state index in [4.69, 9.17) is 0 Å². The van der Waals surface area contributed by atoms with Crippen molar-refractivity contribution in [1.82, 2.24) is 24.6 Å². The Morgan fingerprint density at radius 3 is 2.65 bits per heavy atom. The average Bonchev–Trinajstić information content (AvgIpc) is 2.96. The fraction of sp³-hybridized carbons (Fsp3) is 0.158. The van der Waals surface area contributed by atoms with Gasteiger partial charge >= 0.3 is 5.69 Å². The number of carbonyl (C=O) groups excluding carboxylic acids is 1. The molecule has 0 unspecified atom stereocenters. The fourth-order valence-electron chi connectivity index (χ4n) is 2.43. The normalized spacial score (nSPS) is 11.0. The molecule has 0 radical (unpaired) electrons. The summed E-state index contributed by atoms with van der Waals surface area (Å²) < 4.78 is 2.77. The molecule has 7 nitrogen and oxygen atoms in total. The third-order valence-electron chi connectivity index (χ3n) is 3.78. The van der Waals surface area contributed by atoms with Gasteiger partial charge in [-0.2, -0.15) is 0 Å². The molecule has 1 amide bonds. The fourth-order valence-corrected chi connectivity index (χ4v) is 2.43. The summed E-state index contributed by atoms with van der Waals surface area (Å²) in [6.45, 7) is 0.584. The Morgan fingerprint density at radius 1 is 1.15 bits per heavy atom. The Balaban J connectivity index is 1.59. The Morgan fingerprint density at radius 2 is 1.92 bits per heavy atom. The van der Waals surface area contributed by atoms with Gasteiger partial charge in [-0.25, -0.2) is 9.48 Å². The van der Waals surface area contributed by atoms with Crippen LogP contribution in [0.4, 0.5) is 0 Å². The third kappa shape index (κ3) is 4.13. The highest BCUT2D eigenvalue weighted by Crippen LogP contribution is 2.10. The molecule has 1 aromatic carbocycles. The maximum absolute atomic E-state index is 12.3. The second-order valence-electron chi connectivity index (χ2n) is 5.64. The summed E-state index contributed by atoms with van der Waals surface area (Å²) in [5.41, 5.74) is 1.32. The van der Waals surface area contributed by atoms with E-state index in [2.05, 4.69) is 15.4 Å². The van der Waals surface area contributed by atoms with Crippen molar-refractivity contribution in [1.29, 1.82) is 0 Å². The van der Waals surface area contributed by atoms with Crippen LogP contribution in [0.25, 0.3) is 17.6 Å². The summed E-state index contributed by atoms with van der Waals surface area (Å²) in [7, 11) is 1.65. The Hall–Kier alpha value is -3.48. The van der Waals surface area contributed by atoms with Crippen LogP contribution in [0.3, 0.4) is 0 Å². The molecule has 1 N–H and O–H groups in total. The van der Waals surface area contributed by atoms with Gasteiger partial charge in [0.2, 0.25) is 5.91 Å². The first kappa shape index (κ1) is 17.3. The van der Waals surface area contributed by atoms with Gasteiger partial charge in [-0.3, -0.25) is 14.3 Å². The van der Waals surface area contributed by atoms with E-state index in [0.29, 0.717) is 18.1 Å². The first-order valence-corrected chi connectivity index (χ1v) is 8.21. The summed E-state index contributed by atoms with van der Waals surface area (Å²) >= 11 is 0. The second-order valence-corrected chi connectivity index (χ2v) is 5.64. The number of nitrogens with zero attached hydrogens (tertiary/aromatic N) is 4. The lowest BCUT2D eigenvalue weighted by Crippen LogP contribution is -2.30. The molecular weight excluding hydrogens is 330 g/mol. The molecular formula is C19H19N5O2. The van der Waals surface area contributed by atoms with Crippen LogP contribution in [0.15, 0.2) is 65.6 Å². The highest BCUT2D eigenvalue weighted by molar-refractivity contribution is 5.91. The number of benzene rings is 1. The van der Waals surface area contributed by atoms with E-state index in [1.54, 1.807) is 31.5 Å². The van der Waals surface area contributed by atoms with E-state index in [-0.39, 0.29) is 18.1 Å². The summed E-state index contributed by atoms with van der Waals surface area (Å²) in [6, 6.07) is 15.0. The molecule has 0 saturated heterocycles. The van der Waals surface area contributed by atoms with Gasteiger partial charge in [0, 0.05) is 25.9 Å². The molecule has 0 aliphatic rings. The van der Waals surface area contributed by atoms with Crippen LogP contribution in [0, 0.1) is 0 Å². The first-order valence-electron chi connectivity index (χ1n) is 8.21. The SMILES string of the molecule is Cn1c(-c2ccccn2)nn(CCNC(=O)C=Cc2ccccc2)c1=O. The molecule has 7 heteroatoms. The molecule has 0 saturated carbocycles. The molecule has 0 aliphatic heterocycles. The van der Waals surface area contributed by atoms with Crippen molar-refractivity contribution in [3.8, 4) is 11.5 Å². The van der Waals surface area contributed by atoms with Gasteiger partial charge in [0.1, 0.15) is 5.69 Å². The number of rotatable bonds is 6. The molecule has 132 valence electrons. The Labute approximate surface area is 150 Å². The summed E-state index contributed by atoms with van der Waals surface area (Å²) in [4.78, 5) is 28.3. The van der Waals surface area contributed by atoms with Crippen LogP contribution in [0.5, 0.6) is 0 Å². The van der Waals surface area contributed by atoms with E-state index in [9.17, 15) is 9.59 Å². The highest BCUT2D eigenvalue weighted by Gasteiger charge is 2.12. The van der Waals surface area contributed by atoms with Crippen molar-refractivity contribution in [2.75, 3.05) is 6.54 Å². The highest BCUT2D eigenvalue weighted by atomic mass is 16.2. The van der Waals surface area contributed by atoms with E-state index in [1.807, 2.05) is 36.4 Å². The smallest absolute Gasteiger partial charge is 0.346 e. The number of amides is 1. The number of hydrogen-bond donors (Lipinski definition) is 1. The van der Waals surface area contributed by atoms with Gasteiger partial charge in [-0.05, 0) is 23.8 Å². The van der Waals surface area contributed by atoms with E-state index in [0.717, 1.165) is 5.56 Å². The molecule has 0 bridgehead atoms. The Bertz CT molecular complexity index is 959. The maximum Gasteiger partial charge on any atom is 0.346 e.